The highest BCUT2D eigenvalue weighted by Gasteiger charge is 2.09. The highest BCUT2D eigenvalue weighted by molar-refractivity contribution is 4.76. The second kappa shape index (κ2) is 3.18. The van der Waals surface area contributed by atoms with Crippen molar-refractivity contribution < 1.29 is 4.92 Å². The SMILES string of the molecule is C=C[C@@H](CC)[N+](=O)[O-]. The normalized spacial score (nSPS) is 12.6. The number of nitrogens with zero attached hydrogens (tertiary/aromatic N) is 1. The van der Waals surface area contributed by atoms with Crippen LogP contribution in [0.5, 0.6) is 0 Å². The maximum absolute atomic E-state index is 9.90. The van der Waals surface area contributed by atoms with E-state index in [1.165, 1.54) is 6.08 Å². The quantitative estimate of drug-likeness (QED) is 0.315. The van der Waals surface area contributed by atoms with Crippen molar-refractivity contribution in [2.24, 2.45) is 0 Å². The summed E-state index contributed by atoms with van der Waals surface area (Å²) in [5.41, 5.74) is 0. The molecule has 46 valence electrons. The van der Waals surface area contributed by atoms with E-state index in [9.17, 15) is 10.1 Å². The lowest BCUT2D eigenvalue weighted by Gasteiger charge is -1.96. The van der Waals surface area contributed by atoms with Gasteiger partial charge in [-0.05, 0) is 6.08 Å². The van der Waals surface area contributed by atoms with Gasteiger partial charge in [-0.15, -0.1) is 0 Å². The van der Waals surface area contributed by atoms with Crippen molar-refractivity contribution in [2.45, 2.75) is 19.4 Å². The van der Waals surface area contributed by atoms with Crippen LogP contribution < -0.4 is 0 Å². The highest BCUT2D eigenvalue weighted by Crippen LogP contribution is 1.94. The van der Waals surface area contributed by atoms with Crippen LogP contribution in [0.25, 0.3) is 0 Å². The van der Waals surface area contributed by atoms with Crippen LogP contribution in [0, 0.1) is 10.1 Å². The van der Waals surface area contributed by atoms with Gasteiger partial charge in [0.1, 0.15) is 0 Å². The molecule has 0 aliphatic heterocycles. The third-order valence-electron chi connectivity index (χ3n) is 0.961. The van der Waals surface area contributed by atoms with Gasteiger partial charge in [-0.25, -0.2) is 0 Å². The van der Waals surface area contributed by atoms with E-state index in [2.05, 4.69) is 6.58 Å². The number of rotatable bonds is 3. The fraction of sp³-hybridized carbons (Fsp3) is 0.600. The summed E-state index contributed by atoms with van der Waals surface area (Å²) in [5, 5.41) is 9.90. The molecule has 0 spiro atoms. The van der Waals surface area contributed by atoms with Gasteiger partial charge in [0.15, 0.2) is 0 Å². The fourth-order valence-corrected chi connectivity index (χ4v) is 0.402. The minimum absolute atomic E-state index is 0.340. The van der Waals surface area contributed by atoms with Gasteiger partial charge in [0, 0.05) is 11.3 Å². The Balaban J connectivity index is 3.69. The van der Waals surface area contributed by atoms with Crippen molar-refractivity contribution in [3.63, 3.8) is 0 Å². The summed E-state index contributed by atoms with van der Waals surface area (Å²) in [5.74, 6) is 0. The molecular formula is C5H9NO2. The Morgan fingerprint density at radius 1 is 2.00 bits per heavy atom. The molecule has 0 unspecified atom stereocenters. The molecule has 0 radical (unpaired) electrons. The summed E-state index contributed by atoms with van der Waals surface area (Å²) in [6.07, 6.45) is 1.87. The smallest absolute Gasteiger partial charge is 0.230 e. The van der Waals surface area contributed by atoms with Crippen molar-refractivity contribution in [3.05, 3.63) is 22.8 Å². The van der Waals surface area contributed by atoms with Gasteiger partial charge in [-0.2, -0.15) is 0 Å². The Bertz CT molecular complexity index is 101. The lowest BCUT2D eigenvalue weighted by atomic mass is 10.2. The van der Waals surface area contributed by atoms with E-state index in [1.54, 1.807) is 6.92 Å². The Labute approximate surface area is 48.2 Å². The van der Waals surface area contributed by atoms with Crippen LogP contribution in [0.1, 0.15) is 13.3 Å². The zero-order valence-corrected chi connectivity index (χ0v) is 4.83. The molecule has 0 aromatic heterocycles. The van der Waals surface area contributed by atoms with E-state index in [-0.39, 0.29) is 4.92 Å². The largest absolute Gasteiger partial charge is 0.264 e. The molecule has 1 atom stereocenters. The number of nitro groups is 1. The second-order valence-corrected chi connectivity index (χ2v) is 1.50. The van der Waals surface area contributed by atoms with Crippen LogP contribution in [0.4, 0.5) is 0 Å². The molecule has 0 heterocycles. The minimum atomic E-state index is -0.560. The molecule has 0 saturated carbocycles. The maximum Gasteiger partial charge on any atom is 0.230 e. The molecular weight excluding hydrogens is 106 g/mol. The zero-order valence-electron chi connectivity index (χ0n) is 4.83. The molecule has 0 saturated heterocycles. The van der Waals surface area contributed by atoms with E-state index in [0.29, 0.717) is 6.42 Å². The van der Waals surface area contributed by atoms with Gasteiger partial charge >= 0.3 is 0 Å². The van der Waals surface area contributed by atoms with Crippen molar-refractivity contribution in [1.82, 2.24) is 0 Å². The first-order valence-electron chi connectivity index (χ1n) is 2.48. The van der Waals surface area contributed by atoms with Gasteiger partial charge in [0.05, 0.1) is 0 Å². The molecule has 3 heteroatoms. The monoisotopic (exact) mass is 115 g/mol. The predicted octanol–water partition coefficient (Wildman–Crippen LogP) is 1.23. The van der Waals surface area contributed by atoms with Crippen LogP contribution in [-0.2, 0) is 0 Å². The first kappa shape index (κ1) is 7.14. The Hall–Kier alpha value is -0.860. The molecule has 0 aliphatic carbocycles. The van der Waals surface area contributed by atoms with Crippen LogP contribution in [0.2, 0.25) is 0 Å². The van der Waals surface area contributed by atoms with Gasteiger partial charge in [0.25, 0.3) is 0 Å². The molecule has 8 heavy (non-hydrogen) atoms. The van der Waals surface area contributed by atoms with Crippen LogP contribution in [0.3, 0.4) is 0 Å². The van der Waals surface area contributed by atoms with Crippen LogP contribution >= 0.6 is 0 Å². The molecule has 0 amide bonds. The first-order valence-corrected chi connectivity index (χ1v) is 2.48. The van der Waals surface area contributed by atoms with Crippen molar-refractivity contribution in [3.8, 4) is 0 Å². The summed E-state index contributed by atoms with van der Waals surface area (Å²) >= 11 is 0. The molecule has 0 rings (SSSR count). The molecule has 0 N–H and O–H groups in total. The third kappa shape index (κ3) is 1.73. The highest BCUT2D eigenvalue weighted by atomic mass is 16.6. The molecule has 0 aromatic rings. The molecule has 0 fully saturated rings. The minimum Gasteiger partial charge on any atom is -0.264 e. The lowest BCUT2D eigenvalue weighted by molar-refractivity contribution is -0.509. The third-order valence-corrected chi connectivity index (χ3v) is 0.961. The first-order chi connectivity index (χ1) is 3.72. The number of hydrogen-bond donors (Lipinski definition) is 0. The van der Waals surface area contributed by atoms with Gasteiger partial charge in [0.2, 0.25) is 6.04 Å². The second-order valence-electron chi connectivity index (χ2n) is 1.50. The molecule has 0 aliphatic rings. The van der Waals surface area contributed by atoms with E-state index in [1.807, 2.05) is 0 Å². The Morgan fingerprint density at radius 2 is 2.50 bits per heavy atom. The summed E-state index contributed by atoms with van der Waals surface area (Å²) in [4.78, 5) is 9.56. The van der Waals surface area contributed by atoms with E-state index in [4.69, 9.17) is 0 Å². The Morgan fingerprint density at radius 3 is 2.50 bits per heavy atom. The van der Waals surface area contributed by atoms with Crippen LogP contribution in [-0.4, -0.2) is 11.0 Å². The van der Waals surface area contributed by atoms with Gasteiger partial charge in [-0.3, -0.25) is 10.1 Å². The summed E-state index contributed by atoms with van der Waals surface area (Å²) in [6, 6.07) is -0.560. The van der Waals surface area contributed by atoms with Crippen LogP contribution in [0.15, 0.2) is 12.7 Å². The maximum atomic E-state index is 9.90. The average Bonchev–Trinajstić information content (AvgIpc) is 1.69. The Kier molecular flexibility index (Phi) is 2.84. The van der Waals surface area contributed by atoms with Gasteiger partial charge in [-0.1, -0.05) is 13.5 Å². The molecule has 3 nitrogen and oxygen atoms in total. The van der Waals surface area contributed by atoms with E-state index in [0.717, 1.165) is 0 Å². The van der Waals surface area contributed by atoms with Crippen molar-refractivity contribution >= 4 is 0 Å². The zero-order chi connectivity index (χ0) is 6.57. The van der Waals surface area contributed by atoms with E-state index < -0.39 is 6.04 Å². The van der Waals surface area contributed by atoms with E-state index >= 15 is 0 Å². The van der Waals surface area contributed by atoms with Gasteiger partial charge < -0.3 is 0 Å². The summed E-state index contributed by atoms with van der Waals surface area (Å²) in [6.45, 7) is 5.07. The topological polar surface area (TPSA) is 43.1 Å². The summed E-state index contributed by atoms with van der Waals surface area (Å²) < 4.78 is 0. The lowest BCUT2D eigenvalue weighted by Crippen LogP contribution is -2.13. The summed E-state index contributed by atoms with van der Waals surface area (Å²) in [7, 11) is 0. The van der Waals surface area contributed by atoms with Crippen molar-refractivity contribution in [1.29, 1.82) is 0 Å². The average molecular weight is 115 g/mol. The standard InChI is InChI=1S/C5H9NO2/c1-3-5(4-2)6(7)8/h3,5H,1,4H2,2H3/t5-/m0/s1. The molecule has 0 aromatic carbocycles. The number of hydrogen-bond acceptors (Lipinski definition) is 2. The van der Waals surface area contributed by atoms with Crippen molar-refractivity contribution in [2.75, 3.05) is 0 Å². The predicted molar refractivity (Wildman–Crippen MR) is 31.3 cm³/mol. The molecule has 0 bridgehead atoms. The fourth-order valence-electron chi connectivity index (χ4n) is 0.402.